The molecule has 0 aliphatic carbocycles. The van der Waals surface area contributed by atoms with E-state index in [1.807, 2.05) is 40.7 Å². The number of hydrogen-bond donors (Lipinski definition) is 0. The number of piperazine rings is 1. The Morgan fingerprint density at radius 3 is 2.56 bits per heavy atom. The third kappa shape index (κ3) is 3.17. The van der Waals surface area contributed by atoms with E-state index in [9.17, 15) is 4.79 Å². The Kier molecular flexibility index (Phi) is 4.28. The number of fused-ring (bicyclic) bond motifs is 1. The molecule has 6 heteroatoms. The van der Waals surface area contributed by atoms with E-state index in [4.69, 9.17) is 4.74 Å². The van der Waals surface area contributed by atoms with Gasteiger partial charge in [-0.1, -0.05) is 0 Å². The summed E-state index contributed by atoms with van der Waals surface area (Å²) in [4.78, 5) is 21.3. The Morgan fingerprint density at radius 2 is 1.84 bits per heavy atom. The highest BCUT2D eigenvalue weighted by Gasteiger charge is 2.22. The van der Waals surface area contributed by atoms with Crippen molar-refractivity contribution in [2.24, 2.45) is 0 Å². The number of carbonyl (C=O) groups excluding carboxylic acids is 1. The molecule has 1 aliphatic heterocycles. The van der Waals surface area contributed by atoms with Crippen LogP contribution in [0.1, 0.15) is 10.4 Å². The summed E-state index contributed by atoms with van der Waals surface area (Å²) in [6.07, 6.45) is 0. The number of benzene rings is 2. The normalized spacial score (nSPS) is 14.8. The number of hydrogen-bond acceptors (Lipinski definition) is 5. The molecule has 1 fully saturated rings. The van der Waals surface area contributed by atoms with Crippen LogP contribution in [0.3, 0.4) is 0 Å². The molecule has 2 aromatic carbocycles. The lowest BCUT2D eigenvalue weighted by atomic mass is 10.1. The van der Waals surface area contributed by atoms with E-state index in [2.05, 4.69) is 22.0 Å². The molecule has 0 atom stereocenters. The van der Waals surface area contributed by atoms with E-state index in [-0.39, 0.29) is 5.91 Å². The monoisotopic (exact) mass is 353 g/mol. The number of methoxy groups -OCH3 is 1. The van der Waals surface area contributed by atoms with Crippen LogP contribution in [0, 0.1) is 0 Å². The average Bonchev–Trinajstić information content (AvgIpc) is 3.15. The Labute approximate surface area is 150 Å². The van der Waals surface area contributed by atoms with Crippen LogP contribution in [-0.2, 0) is 0 Å². The molecule has 5 nitrogen and oxygen atoms in total. The highest BCUT2D eigenvalue weighted by atomic mass is 32.1. The molecule has 0 saturated carbocycles. The second-order valence-corrected chi connectivity index (χ2v) is 6.90. The first kappa shape index (κ1) is 15.9. The van der Waals surface area contributed by atoms with Crippen molar-refractivity contribution in [1.29, 1.82) is 0 Å². The summed E-state index contributed by atoms with van der Waals surface area (Å²) in [7, 11) is 1.67. The van der Waals surface area contributed by atoms with Crippen molar-refractivity contribution in [3.63, 3.8) is 0 Å². The van der Waals surface area contributed by atoms with Gasteiger partial charge in [0, 0.05) is 37.4 Å². The number of amides is 1. The van der Waals surface area contributed by atoms with Gasteiger partial charge >= 0.3 is 0 Å². The Balaban J connectivity index is 1.42. The van der Waals surface area contributed by atoms with Gasteiger partial charge in [-0.05, 0) is 42.5 Å². The largest absolute Gasteiger partial charge is 0.497 e. The van der Waals surface area contributed by atoms with Crippen molar-refractivity contribution in [2.45, 2.75) is 0 Å². The first-order valence-electron chi connectivity index (χ1n) is 8.26. The maximum absolute atomic E-state index is 12.8. The molecule has 0 unspecified atom stereocenters. The Morgan fingerprint density at radius 1 is 1.08 bits per heavy atom. The van der Waals surface area contributed by atoms with Crippen molar-refractivity contribution >= 4 is 33.1 Å². The minimum atomic E-state index is 0.102. The molecular formula is C19H19N3O2S. The molecule has 128 valence electrons. The fourth-order valence-corrected chi connectivity index (χ4v) is 3.85. The first-order chi connectivity index (χ1) is 12.2. The molecule has 2 heterocycles. The minimum Gasteiger partial charge on any atom is -0.497 e. The van der Waals surface area contributed by atoms with Crippen LogP contribution in [0.5, 0.6) is 5.75 Å². The predicted molar refractivity (Wildman–Crippen MR) is 101 cm³/mol. The fourth-order valence-electron chi connectivity index (χ4n) is 3.13. The predicted octanol–water partition coefficient (Wildman–Crippen LogP) is 3.27. The molecule has 3 aromatic rings. The van der Waals surface area contributed by atoms with Gasteiger partial charge in [0.25, 0.3) is 5.91 Å². The lowest BCUT2D eigenvalue weighted by Crippen LogP contribution is -2.48. The molecule has 4 rings (SSSR count). The molecule has 1 aromatic heterocycles. The molecule has 1 amide bonds. The molecule has 0 N–H and O–H groups in total. The van der Waals surface area contributed by atoms with Crippen molar-refractivity contribution in [2.75, 3.05) is 38.2 Å². The third-order valence-electron chi connectivity index (χ3n) is 4.58. The zero-order chi connectivity index (χ0) is 17.2. The van der Waals surface area contributed by atoms with Crippen LogP contribution in [0.2, 0.25) is 0 Å². The summed E-state index contributed by atoms with van der Waals surface area (Å²) in [6, 6.07) is 13.8. The summed E-state index contributed by atoms with van der Waals surface area (Å²) in [5.74, 6) is 0.959. The van der Waals surface area contributed by atoms with Crippen molar-refractivity contribution in [3.8, 4) is 5.75 Å². The average molecular weight is 353 g/mol. The zero-order valence-electron chi connectivity index (χ0n) is 14.0. The van der Waals surface area contributed by atoms with Gasteiger partial charge in [0.1, 0.15) is 5.75 Å². The number of rotatable bonds is 3. The molecule has 25 heavy (non-hydrogen) atoms. The van der Waals surface area contributed by atoms with Crippen LogP contribution in [0.25, 0.3) is 10.2 Å². The highest BCUT2D eigenvalue weighted by molar-refractivity contribution is 7.16. The number of nitrogens with zero attached hydrogens (tertiary/aromatic N) is 3. The van der Waals surface area contributed by atoms with Gasteiger partial charge in [0.15, 0.2) is 0 Å². The number of ether oxygens (including phenoxy) is 1. The lowest BCUT2D eigenvalue weighted by Gasteiger charge is -2.36. The topological polar surface area (TPSA) is 45.7 Å². The molecule has 0 bridgehead atoms. The van der Waals surface area contributed by atoms with Crippen molar-refractivity contribution in [1.82, 2.24) is 9.88 Å². The smallest absolute Gasteiger partial charge is 0.254 e. The minimum absolute atomic E-state index is 0.102. The van der Waals surface area contributed by atoms with Gasteiger partial charge in [0.05, 0.1) is 22.8 Å². The second-order valence-electron chi connectivity index (χ2n) is 6.01. The van der Waals surface area contributed by atoms with Crippen LogP contribution in [-0.4, -0.2) is 49.1 Å². The summed E-state index contributed by atoms with van der Waals surface area (Å²) >= 11 is 1.57. The number of thiazole rings is 1. The van der Waals surface area contributed by atoms with E-state index < -0.39 is 0 Å². The first-order valence-corrected chi connectivity index (χ1v) is 9.14. The summed E-state index contributed by atoms with van der Waals surface area (Å²) < 4.78 is 6.26. The Hall–Kier alpha value is -2.60. The summed E-state index contributed by atoms with van der Waals surface area (Å²) in [5.41, 5.74) is 4.67. The van der Waals surface area contributed by atoms with Gasteiger partial charge < -0.3 is 14.5 Å². The molecule has 0 spiro atoms. The van der Waals surface area contributed by atoms with Gasteiger partial charge in [-0.15, -0.1) is 11.3 Å². The lowest BCUT2D eigenvalue weighted by molar-refractivity contribution is 0.0747. The summed E-state index contributed by atoms with van der Waals surface area (Å²) in [5, 5.41) is 0. The van der Waals surface area contributed by atoms with Crippen LogP contribution < -0.4 is 9.64 Å². The SMILES string of the molecule is COc1ccc(N2CCN(C(=O)c3ccc4ncsc4c3)CC2)cc1. The molecule has 1 saturated heterocycles. The van der Waals surface area contributed by atoms with E-state index >= 15 is 0 Å². The highest BCUT2D eigenvalue weighted by Crippen LogP contribution is 2.23. The number of carbonyl (C=O) groups is 1. The third-order valence-corrected chi connectivity index (χ3v) is 5.37. The number of aromatic nitrogens is 1. The molecule has 0 radical (unpaired) electrons. The Bertz CT molecular complexity index is 883. The van der Waals surface area contributed by atoms with Crippen LogP contribution in [0.15, 0.2) is 48.0 Å². The quantitative estimate of drug-likeness (QED) is 0.725. The maximum Gasteiger partial charge on any atom is 0.254 e. The van der Waals surface area contributed by atoms with Crippen molar-refractivity contribution in [3.05, 3.63) is 53.5 Å². The maximum atomic E-state index is 12.8. The molecule has 1 aliphatic rings. The summed E-state index contributed by atoms with van der Waals surface area (Å²) in [6.45, 7) is 3.12. The van der Waals surface area contributed by atoms with Gasteiger partial charge in [-0.2, -0.15) is 0 Å². The van der Waals surface area contributed by atoms with Crippen LogP contribution in [0.4, 0.5) is 5.69 Å². The van der Waals surface area contributed by atoms with Gasteiger partial charge in [-0.3, -0.25) is 4.79 Å². The van der Waals surface area contributed by atoms with E-state index in [1.54, 1.807) is 18.4 Å². The molecular weight excluding hydrogens is 334 g/mol. The van der Waals surface area contributed by atoms with Gasteiger partial charge in [-0.25, -0.2) is 4.98 Å². The van der Waals surface area contributed by atoms with E-state index in [0.29, 0.717) is 0 Å². The van der Waals surface area contributed by atoms with Gasteiger partial charge in [0.2, 0.25) is 0 Å². The number of anilines is 1. The second kappa shape index (κ2) is 6.72. The van der Waals surface area contributed by atoms with Crippen molar-refractivity contribution < 1.29 is 9.53 Å². The fraction of sp³-hybridized carbons (Fsp3) is 0.263. The van der Waals surface area contributed by atoms with E-state index in [1.165, 1.54) is 5.69 Å². The van der Waals surface area contributed by atoms with E-state index in [0.717, 1.165) is 47.7 Å². The van der Waals surface area contributed by atoms with Crippen LogP contribution >= 0.6 is 11.3 Å². The standard InChI is InChI=1S/C19H19N3O2S/c1-24-16-5-3-15(4-6-16)21-8-10-22(11-9-21)19(23)14-2-7-17-18(12-14)25-13-20-17/h2-7,12-13H,8-11H2,1H3. The zero-order valence-corrected chi connectivity index (χ0v) is 14.8.